The lowest BCUT2D eigenvalue weighted by molar-refractivity contribution is 0.174. The fourth-order valence-corrected chi connectivity index (χ4v) is 1.68. The zero-order valence-electron chi connectivity index (χ0n) is 9.94. The van der Waals surface area contributed by atoms with E-state index >= 15 is 0 Å². The highest BCUT2D eigenvalue weighted by Gasteiger charge is 2.17. The molecule has 0 saturated heterocycles. The van der Waals surface area contributed by atoms with Crippen LogP contribution in [-0.2, 0) is 6.42 Å². The Kier molecular flexibility index (Phi) is 3.88. The van der Waals surface area contributed by atoms with Gasteiger partial charge in [0.2, 0.25) is 6.79 Å². The van der Waals surface area contributed by atoms with Gasteiger partial charge in [-0.2, -0.15) is 0 Å². The molecule has 4 nitrogen and oxygen atoms in total. The first kappa shape index (κ1) is 11.8. The Hall–Kier alpha value is -1.68. The van der Waals surface area contributed by atoms with Crippen molar-refractivity contribution in [3.63, 3.8) is 0 Å². The van der Waals surface area contributed by atoms with Gasteiger partial charge in [0.05, 0.1) is 0 Å². The molecule has 0 fully saturated rings. The smallest absolute Gasteiger partial charge is 0.231 e. The van der Waals surface area contributed by atoms with Crippen molar-refractivity contribution in [2.45, 2.75) is 13.3 Å². The van der Waals surface area contributed by atoms with Crippen LogP contribution in [0.3, 0.4) is 0 Å². The molecule has 0 amide bonds. The topological polar surface area (TPSA) is 53.7 Å². The fourth-order valence-electron chi connectivity index (χ4n) is 1.68. The van der Waals surface area contributed by atoms with Gasteiger partial charge in [0.25, 0.3) is 0 Å². The van der Waals surface area contributed by atoms with Crippen molar-refractivity contribution >= 4 is 0 Å². The summed E-state index contributed by atoms with van der Waals surface area (Å²) in [5, 5.41) is 0. The molecular weight excluding hydrogens is 218 g/mol. The number of nitrogens with two attached hydrogens (primary N) is 1. The number of hydrogen-bond donors (Lipinski definition) is 1. The predicted molar refractivity (Wildman–Crippen MR) is 65.6 cm³/mol. The third-order valence-electron chi connectivity index (χ3n) is 2.54. The highest BCUT2D eigenvalue weighted by atomic mass is 16.7. The highest BCUT2D eigenvalue weighted by molar-refractivity contribution is 5.52. The monoisotopic (exact) mass is 235 g/mol. The van der Waals surface area contributed by atoms with E-state index in [0.717, 1.165) is 29.2 Å². The van der Waals surface area contributed by atoms with Gasteiger partial charge in [-0.15, -0.1) is 0 Å². The van der Waals surface area contributed by atoms with Crippen LogP contribution in [0.15, 0.2) is 24.3 Å². The average Bonchev–Trinajstić information content (AvgIpc) is 2.77. The van der Waals surface area contributed by atoms with Crippen LogP contribution in [0.1, 0.15) is 12.5 Å². The van der Waals surface area contributed by atoms with Crippen molar-refractivity contribution in [1.29, 1.82) is 0 Å². The van der Waals surface area contributed by atoms with E-state index in [1.165, 1.54) is 0 Å². The molecule has 0 aromatic heterocycles. The highest BCUT2D eigenvalue weighted by Crippen LogP contribution is 2.38. The summed E-state index contributed by atoms with van der Waals surface area (Å²) in [6.45, 7) is 3.37. The number of allylic oxidation sites excluding steroid dienone is 1. The number of ether oxygens (including phenoxy) is 3. The zero-order valence-corrected chi connectivity index (χ0v) is 9.94. The zero-order chi connectivity index (χ0) is 12.1. The minimum absolute atomic E-state index is 0.274. The summed E-state index contributed by atoms with van der Waals surface area (Å²) in [4.78, 5) is 0. The summed E-state index contributed by atoms with van der Waals surface area (Å²) >= 11 is 0. The predicted octanol–water partition coefficient (Wildman–Crippen LogP) is 1.87. The Bertz CT molecular complexity index is 415. The van der Waals surface area contributed by atoms with Gasteiger partial charge in [-0.25, -0.2) is 0 Å². The average molecular weight is 235 g/mol. The van der Waals surface area contributed by atoms with E-state index in [-0.39, 0.29) is 6.79 Å². The minimum Gasteiger partial charge on any atom is -0.489 e. The molecule has 2 rings (SSSR count). The van der Waals surface area contributed by atoms with Gasteiger partial charge >= 0.3 is 0 Å². The molecule has 1 heterocycles. The fraction of sp³-hybridized carbons (Fsp3) is 0.385. The van der Waals surface area contributed by atoms with Gasteiger partial charge < -0.3 is 19.9 Å². The van der Waals surface area contributed by atoms with Crippen molar-refractivity contribution in [2.24, 2.45) is 5.73 Å². The first-order chi connectivity index (χ1) is 8.35. The summed E-state index contributed by atoms with van der Waals surface area (Å²) in [7, 11) is 0. The molecule has 1 aromatic carbocycles. The van der Waals surface area contributed by atoms with Crippen LogP contribution in [0.25, 0.3) is 0 Å². The van der Waals surface area contributed by atoms with Crippen LogP contribution in [0.5, 0.6) is 17.2 Å². The number of fused-ring (bicyclic) bond motifs is 1. The second kappa shape index (κ2) is 5.59. The maximum Gasteiger partial charge on any atom is 0.231 e. The molecule has 0 atom stereocenters. The molecule has 0 aliphatic carbocycles. The Labute approximate surface area is 101 Å². The first-order valence-electron chi connectivity index (χ1n) is 5.71. The molecule has 0 radical (unpaired) electrons. The molecule has 4 heteroatoms. The summed E-state index contributed by atoms with van der Waals surface area (Å²) in [6.07, 6.45) is 4.67. The van der Waals surface area contributed by atoms with E-state index in [0.29, 0.717) is 13.2 Å². The summed E-state index contributed by atoms with van der Waals surface area (Å²) in [6, 6.07) is 3.82. The quantitative estimate of drug-likeness (QED) is 0.792. The molecule has 1 aliphatic rings. The van der Waals surface area contributed by atoms with E-state index in [9.17, 15) is 0 Å². The minimum atomic E-state index is 0.274. The normalized spacial score (nSPS) is 13.3. The lowest BCUT2D eigenvalue weighted by atomic mass is 10.1. The lowest BCUT2D eigenvalue weighted by Crippen LogP contribution is -2.05. The second-order valence-electron chi connectivity index (χ2n) is 3.73. The van der Waals surface area contributed by atoms with Crippen molar-refractivity contribution in [3.05, 3.63) is 29.8 Å². The van der Waals surface area contributed by atoms with Crippen LogP contribution in [-0.4, -0.2) is 19.9 Å². The molecule has 0 bridgehead atoms. The SMILES string of the molecule is CC=CCOc1cc2c(cc1CCN)OCO2. The van der Waals surface area contributed by atoms with Gasteiger partial charge in [0, 0.05) is 6.07 Å². The van der Waals surface area contributed by atoms with E-state index in [4.69, 9.17) is 19.9 Å². The standard InChI is InChI=1S/C13H17NO3/c1-2-3-6-15-11-8-13-12(16-9-17-13)7-10(11)4-5-14/h2-3,7-8H,4-6,9,14H2,1H3. The van der Waals surface area contributed by atoms with Crippen LogP contribution < -0.4 is 19.9 Å². The number of rotatable bonds is 5. The Morgan fingerprint density at radius 1 is 1.35 bits per heavy atom. The van der Waals surface area contributed by atoms with Gasteiger partial charge in [0.15, 0.2) is 11.5 Å². The Morgan fingerprint density at radius 3 is 2.82 bits per heavy atom. The van der Waals surface area contributed by atoms with Gasteiger partial charge in [0.1, 0.15) is 12.4 Å². The molecule has 17 heavy (non-hydrogen) atoms. The molecule has 2 N–H and O–H groups in total. The van der Waals surface area contributed by atoms with Gasteiger partial charge in [-0.1, -0.05) is 12.2 Å². The van der Waals surface area contributed by atoms with Crippen LogP contribution in [0.4, 0.5) is 0 Å². The van der Waals surface area contributed by atoms with E-state index in [1.807, 2.05) is 31.2 Å². The van der Waals surface area contributed by atoms with Crippen LogP contribution in [0.2, 0.25) is 0 Å². The Morgan fingerprint density at radius 2 is 2.12 bits per heavy atom. The van der Waals surface area contributed by atoms with E-state index < -0.39 is 0 Å². The third kappa shape index (κ3) is 2.71. The van der Waals surface area contributed by atoms with Crippen LogP contribution in [0, 0.1) is 0 Å². The maximum atomic E-state index is 5.68. The number of benzene rings is 1. The summed E-state index contributed by atoms with van der Waals surface area (Å²) in [5.41, 5.74) is 6.64. The van der Waals surface area contributed by atoms with Crippen molar-refractivity contribution in [1.82, 2.24) is 0 Å². The largest absolute Gasteiger partial charge is 0.489 e. The van der Waals surface area contributed by atoms with Gasteiger partial charge in [-0.3, -0.25) is 0 Å². The van der Waals surface area contributed by atoms with Crippen molar-refractivity contribution < 1.29 is 14.2 Å². The first-order valence-corrected chi connectivity index (χ1v) is 5.71. The molecule has 1 aromatic rings. The third-order valence-corrected chi connectivity index (χ3v) is 2.54. The Balaban J connectivity index is 2.21. The molecule has 0 spiro atoms. The van der Waals surface area contributed by atoms with Gasteiger partial charge in [-0.05, 0) is 31.5 Å². The summed E-state index contributed by atoms with van der Waals surface area (Å²) in [5.74, 6) is 2.32. The van der Waals surface area contributed by atoms with E-state index in [2.05, 4.69) is 0 Å². The molecule has 0 saturated carbocycles. The summed E-state index contributed by atoms with van der Waals surface area (Å²) < 4.78 is 16.3. The number of hydrogen-bond acceptors (Lipinski definition) is 4. The lowest BCUT2D eigenvalue weighted by Gasteiger charge is -2.10. The molecule has 92 valence electrons. The van der Waals surface area contributed by atoms with Crippen LogP contribution >= 0.6 is 0 Å². The molecular formula is C13H17NO3. The maximum absolute atomic E-state index is 5.68. The second-order valence-corrected chi connectivity index (χ2v) is 3.73. The molecule has 1 aliphatic heterocycles. The van der Waals surface area contributed by atoms with Crippen molar-refractivity contribution in [3.8, 4) is 17.2 Å². The van der Waals surface area contributed by atoms with E-state index in [1.54, 1.807) is 0 Å². The molecule has 0 unspecified atom stereocenters. The van der Waals surface area contributed by atoms with Crippen molar-refractivity contribution in [2.75, 3.05) is 19.9 Å².